The van der Waals surface area contributed by atoms with Crippen molar-refractivity contribution in [3.8, 4) is 0 Å². The summed E-state index contributed by atoms with van der Waals surface area (Å²) >= 11 is 0. The fourth-order valence-electron chi connectivity index (χ4n) is 9.84. The average molecular weight is 591 g/mol. The Morgan fingerprint density at radius 3 is 2.31 bits per heavy atom. The molecular formula is C33H50O9. The molecule has 11 atom stereocenters. The van der Waals surface area contributed by atoms with E-state index in [1.807, 2.05) is 0 Å². The molecule has 0 aromatic rings. The van der Waals surface area contributed by atoms with Crippen molar-refractivity contribution in [2.45, 2.75) is 111 Å². The second-order valence-corrected chi connectivity index (χ2v) is 13.7. The van der Waals surface area contributed by atoms with E-state index in [0.717, 1.165) is 38.5 Å². The van der Waals surface area contributed by atoms with E-state index < -0.39 is 12.3 Å². The fourth-order valence-corrected chi connectivity index (χ4v) is 9.84. The van der Waals surface area contributed by atoms with Gasteiger partial charge in [0.2, 0.25) is 0 Å². The minimum absolute atomic E-state index is 0.0720. The van der Waals surface area contributed by atoms with Crippen LogP contribution in [0.25, 0.3) is 0 Å². The first kappa shape index (κ1) is 32.3. The number of fused-ring (bicyclic) bond motifs is 5. The largest absolute Gasteiger partial charge is 0.508 e. The van der Waals surface area contributed by atoms with Gasteiger partial charge in [0, 0.05) is 31.6 Å². The SMILES string of the molecule is C=CCOC(=O)O[C@H]1C[C@H]2[C@@H]([C@H](OC(C)=O)C[C@@H]3C[C@H](OC(C)=O)CC[C@@]32C)[C@@H]2CC[C@H]([C@H](C)CCC(=O)OC)[C@@]12C. The van der Waals surface area contributed by atoms with E-state index in [1.165, 1.54) is 27.0 Å². The fraction of sp³-hybridized carbons (Fsp3) is 0.818. The molecule has 4 aliphatic rings. The van der Waals surface area contributed by atoms with Crippen molar-refractivity contribution in [1.29, 1.82) is 0 Å². The van der Waals surface area contributed by atoms with Crippen molar-refractivity contribution in [3.05, 3.63) is 12.7 Å². The molecule has 42 heavy (non-hydrogen) atoms. The van der Waals surface area contributed by atoms with Crippen LogP contribution in [-0.2, 0) is 38.1 Å². The summed E-state index contributed by atoms with van der Waals surface area (Å²) in [7, 11) is 1.41. The van der Waals surface area contributed by atoms with Crippen molar-refractivity contribution in [2.24, 2.45) is 46.3 Å². The molecule has 0 aromatic heterocycles. The molecule has 0 aromatic carbocycles. The number of rotatable bonds is 9. The van der Waals surface area contributed by atoms with E-state index >= 15 is 0 Å². The van der Waals surface area contributed by atoms with Crippen molar-refractivity contribution < 1.29 is 42.9 Å². The van der Waals surface area contributed by atoms with Crippen molar-refractivity contribution in [1.82, 2.24) is 0 Å². The molecule has 0 spiro atoms. The van der Waals surface area contributed by atoms with E-state index in [2.05, 4.69) is 27.4 Å². The molecule has 9 nitrogen and oxygen atoms in total. The van der Waals surface area contributed by atoms with Gasteiger partial charge in [-0.05, 0) is 86.4 Å². The van der Waals surface area contributed by atoms with Gasteiger partial charge >= 0.3 is 24.1 Å². The zero-order valence-corrected chi connectivity index (χ0v) is 26.2. The lowest BCUT2D eigenvalue weighted by molar-refractivity contribution is -0.219. The maximum Gasteiger partial charge on any atom is 0.508 e. The standard InChI is InChI=1S/C33H50O9/c1-8-15-39-31(37)42-28-18-26-30(25-11-10-24(33(25,28)6)19(2)9-12-29(36)38-7)27(41-21(4)35)17-22-16-23(40-20(3)34)13-14-32(22,26)5/h8,19,22-28,30H,1,9-18H2,2-7H3/t19-,22+,23-,24-,25+,26+,27-,28+,30+,32+,33-/m1/s1. The maximum atomic E-state index is 12.9. The molecular weight excluding hydrogens is 540 g/mol. The molecule has 236 valence electrons. The summed E-state index contributed by atoms with van der Waals surface area (Å²) in [6.45, 7) is 13.4. The zero-order valence-electron chi connectivity index (χ0n) is 26.2. The molecule has 4 rings (SSSR count). The van der Waals surface area contributed by atoms with Crippen LogP contribution >= 0.6 is 0 Å². The maximum absolute atomic E-state index is 12.9. The number of esters is 3. The number of carbonyl (C=O) groups is 4. The van der Waals surface area contributed by atoms with E-state index in [-0.39, 0.29) is 83.1 Å². The third-order valence-electron chi connectivity index (χ3n) is 11.7. The number of carbonyl (C=O) groups excluding carboxylic acids is 4. The van der Waals surface area contributed by atoms with Crippen LogP contribution in [0.15, 0.2) is 12.7 Å². The highest BCUT2D eigenvalue weighted by molar-refractivity contribution is 5.69. The van der Waals surface area contributed by atoms with E-state index in [0.29, 0.717) is 19.3 Å². The first-order valence-electron chi connectivity index (χ1n) is 15.7. The van der Waals surface area contributed by atoms with Gasteiger partial charge in [0.25, 0.3) is 0 Å². The Kier molecular flexibility index (Phi) is 9.98. The summed E-state index contributed by atoms with van der Waals surface area (Å²) in [5.74, 6) is 0.248. The van der Waals surface area contributed by atoms with E-state index in [1.54, 1.807) is 0 Å². The minimum atomic E-state index is -0.696. The van der Waals surface area contributed by atoms with Gasteiger partial charge in [0.05, 0.1) is 7.11 Å². The Morgan fingerprint density at radius 2 is 1.67 bits per heavy atom. The monoisotopic (exact) mass is 590 g/mol. The second kappa shape index (κ2) is 13.0. The van der Waals surface area contributed by atoms with Gasteiger partial charge in [-0.3, -0.25) is 14.4 Å². The molecule has 0 amide bonds. The molecule has 0 unspecified atom stereocenters. The van der Waals surface area contributed by atoms with Gasteiger partial charge in [-0.1, -0.05) is 33.4 Å². The lowest BCUT2D eigenvalue weighted by atomic mass is 9.43. The van der Waals surface area contributed by atoms with Gasteiger partial charge in [-0.2, -0.15) is 0 Å². The van der Waals surface area contributed by atoms with Crippen LogP contribution in [0.3, 0.4) is 0 Å². The van der Waals surface area contributed by atoms with Crippen molar-refractivity contribution in [2.75, 3.05) is 13.7 Å². The van der Waals surface area contributed by atoms with Crippen molar-refractivity contribution >= 4 is 24.1 Å². The third-order valence-corrected chi connectivity index (χ3v) is 11.7. The van der Waals surface area contributed by atoms with Gasteiger partial charge in [-0.25, -0.2) is 4.79 Å². The van der Waals surface area contributed by atoms with Crippen LogP contribution in [0.4, 0.5) is 4.79 Å². The lowest BCUT2D eigenvalue weighted by Gasteiger charge is -2.64. The molecule has 0 bridgehead atoms. The quantitative estimate of drug-likeness (QED) is 0.180. The Labute approximate surface area is 250 Å². The normalized spacial score (nSPS) is 39.4. The molecule has 4 saturated carbocycles. The first-order valence-corrected chi connectivity index (χ1v) is 15.7. The van der Waals surface area contributed by atoms with Crippen LogP contribution in [0.2, 0.25) is 0 Å². The zero-order chi connectivity index (χ0) is 30.8. The van der Waals surface area contributed by atoms with Gasteiger partial charge in [-0.15, -0.1) is 0 Å². The Bertz CT molecular complexity index is 1040. The number of hydrogen-bond acceptors (Lipinski definition) is 9. The highest BCUT2D eigenvalue weighted by atomic mass is 16.7. The number of methoxy groups -OCH3 is 1. The summed E-state index contributed by atoms with van der Waals surface area (Å²) in [5.41, 5.74) is -0.471. The first-order chi connectivity index (χ1) is 19.8. The van der Waals surface area contributed by atoms with Crippen LogP contribution in [0.5, 0.6) is 0 Å². The molecule has 0 N–H and O–H groups in total. The summed E-state index contributed by atoms with van der Waals surface area (Å²) in [4.78, 5) is 49.1. The minimum Gasteiger partial charge on any atom is -0.469 e. The highest BCUT2D eigenvalue weighted by Crippen LogP contribution is 2.69. The topological polar surface area (TPSA) is 114 Å². The van der Waals surface area contributed by atoms with Gasteiger partial charge in [0.1, 0.15) is 24.9 Å². The molecule has 9 heteroatoms. The molecule has 0 heterocycles. The van der Waals surface area contributed by atoms with Crippen molar-refractivity contribution in [3.63, 3.8) is 0 Å². The molecule has 4 fully saturated rings. The van der Waals surface area contributed by atoms with E-state index in [9.17, 15) is 19.2 Å². The molecule has 4 aliphatic carbocycles. The summed E-state index contributed by atoms with van der Waals surface area (Å²) in [5, 5.41) is 0. The summed E-state index contributed by atoms with van der Waals surface area (Å²) in [6.07, 6.45) is 6.72. The lowest BCUT2D eigenvalue weighted by Crippen LogP contribution is -2.63. The Hall–Kier alpha value is -2.58. The van der Waals surface area contributed by atoms with Gasteiger partial charge in [0.15, 0.2) is 0 Å². The predicted molar refractivity (Wildman–Crippen MR) is 154 cm³/mol. The smallest absolute Gasteiger partial charge is 0.469 e. The van der Waals surface area contributed by atoms with Crippen LogP contribution in [-0.4, -0.2) is 56.1 Å². The summed E-state index contributed by atoms with van der Waals surface area (Å²) < 4.78 is 28.2. The third kappa shape index (κ3) is 6.21. The average Bonchev–Trinajstić information content (AvgIpc) is 3.29. The molecule has 0 radical (unpaired) electrons. The Morgan fingerprint density at radius 1 is 0.952 bits per heavy atom. The predicted octanol–water partition coefficient (Wildman–Crippen LogP) is 6.03. The highest BCUT2D eigenvalue weighted by Gasteiger charge is 2.67. The van der Waals surface area contributed by atoms with E-state index in [4.69, 9.17) is 23.7 Å². The van der Waals surface area contributed by atoms with Crippen LogP contribution in [0.1, 0.15) is 92.4 Å². The molecule has 0 saturated heterocycles. The summed E-state index contributed by atoms with van der Waals surface area (Å²) in [6, 6.07) is 0. The van der Waals surface area contributed by atoms with Crippen LogP contribution < -0.4 is 0 Å². The number of hydrogen-bond donors (Lipinski definition) is 0. The van der Waals surface area contributed by atoms with Gasteiger partial charge < -0.3 is 23.7 Å². The molecule has 0 aliphatic heterocycles. The number of ether oxygens (including phenoxy) is 5. The second-order valence-electron chi connectivity index (χ2n) is 13.7. The Balaban J connectivity index is 1.71. The van der Waals surface area contributed by atoms with Crippen LogP contribution in [0, 0.1) is 46.3 Å².